The van der Waals surface area contributed by atoms with Gasteiger partial charge in [-0.3, -0.25) is 9.80 Å². The van der Waals surface area contributed by atoms with Gasteiger partial charge < -0.3 is 9.84 Å². The third-order valence-electron chi connectivity index (χ3n) is 4.95. The molecule has 0 spiro atoms. The first-order valence-corrected chi connectivity index (χ1v) is 10.3. The summed E-state index contributed by atoms with van der Waals surface area (Å²) in [5.74, 6) is 0.300. The van der Waals surface area contributed by atoms with Crippen molar-refractivity contribution < 1.29 is 23.0 Å². The minimum absolute atomic E-state index is 0.0227. The molecule has 1 saturated heterocycles. The molecule has 0 amide bonds. The molecule has 3 rings (SSSR count). The summed E-state index contributed by atoms with van der Waals surface area (Å²) in [6.45, 7) is 4.57. The lowest BCUT2D eigenvalue weighted by atomic mass is 10.2. The van der Waals surface area contributed by atoms with Crippen LogP contribution in [0.3, 0.4) is 0 Å². The average molecular weight is 463 g/mol. The van der Waals surface area contributed by atoms with Crippen LogP contribution in [0.4, 0.5) is 13.2 Å². The number of β-amino-alcohol motifs (C(OH)–C–C–N with tert-alkyl or cyclic N) is 1. The fourth-order valence-corrected chi connectivity index (χ4v) is 3.63. The Balaban J connectivity index is 1.38. The van der Waals surface area contributed by atoms with Gasteiger partial charge in [-0.05, 0) is 42.0 Å². The molecule has 2 aromatic rings. The monoisotopic (exact) mass is 462 g/mol. The fraction of sp³-hybridized carbons (Fsp3) is 0.429. The van der Waals surface area contributed by atoms with Crippen LogP contribution in [0.5, 0.6) is 5.75 Å². The van der Waals surface area contributed by atoms with Crippen LogP contribution in [0.1, 0.15) is 11.1 Å². The first kappa shape index (κ1) is 23.2. The second kappa shape index (κ2) is 10.2. The van der Waals surface area contributed by atoms with Crippen molar-refractivity contribution in [3.8, 4) is 5.75 Å². The van der Waals surface area contributed by atoms with Crippen LogP contribution < -0.4 is 4.74 Å². The Morgan fingerprint density at radius 2 is 1.57 bits per heavy atom. The second-order valence-corrected chi connectivity index (χ2v) is 8.13. The van der Waals surface area contributed by atoms with E-state index in [0.717, 1.165) is 50.4 Å². The maximum Gasteiger partial charge on any atom is 0.416 e. The van der Waals surface area contributed by atoms with Crippen molar-refractivity contribution in [2.75, 3.05) is 39.3 Å². The molecule has 0 aromatic heterocycles. The lowest BCUT2D eigenvalue weighted by Crippen LogP contribution is -2.48. The number of piperazine rings is 1. The third kappa shape index (κ3) is 6.75. The Bertz CT molecular complexity index is 826. The van der Waals surface area contributed by atoms with Gasteiger partial charge in [0.25, 0.3) is 0 Å². The van der Waals surface area contributed by atoms with E-state index in [0.29, 0.717) is 22.3 Å². The van der Waals surface area contributed by atoms with Gasteiger partial charge in [-0.25, -0.2) is 0 Å². The van der Waals surface area contributed by atoms with Gasteiger partial charge in [0.2, 0.25) is 0 Å². The molecule has 0 saturated carbocycles. The molecule has 0 bridgehead atoms. The maximum absolute atomic E-state index is 12.6. The molecule has 1 aliphatic heterocycles. The highest BCUT2D eigenvalue weighted by Gasteiger charge is 2.30. The lowest BCUT2D eigenvalue weighted by Gasteiger charge is -2.35. The molecule has 1 fully saturated rings. The van der Waals surface area contributed by atoms with Gasteiger partial charge >= 0.3 is 6.18 Å². The zero-order chi connectivity index (χ0) is 21.7. The number of aliphatic hydroxyl groups is 1. The Morgan fingerprint density at radius 1 is 0.933 bits per heavy atom. The largest absolute Gasteiger partial charge is 0.491 e. The molecular weight excluding hydrogens is 440 g/mol. The molecular formula is C21H23Cl2F3N2O2. The van der Waals surface area contributed by atoms with Crippen LogP contribution in [0.25, 0.3) is 0 Å². The predicted octanol–water partition coefficient (Wildman–Crippen LogP) is 4.57. The molecule has 9 heteroatoms. The fourth-order valence-electron chi connectivity index (χ4n) is 3.31. The highest BCUT2D eigenvalue weighted by molar-refractivity contribution is 6.42. The number of ether oxygens (including phenoxy) is 1. The number of aliphatic hydroxyl groups excluding tert-OH is 1. The first-order chi connectivity index (χ1) is 14.2. The molecule has 0 radical (unpaired) electrons. The van der Waals surface area contributed by atoms with E-state index in [2.05, 4.69) is 9.80 Å². The molecule has 1 atom stereocenters. The Labute approximate surface area is 183 Å². The summed E-state index contributed by atoms with van der Waals surface area (Å²) in [5, 5.41) is 11.3. The van der Waals surface area contributed by atoms with Gasteiger partial charge in [-0.1, -0.05) is 29.3 Å². The van der Waals surface area contributed by atoms with E-state index in [9.17, 15) is 18.3 Å². The third-order valence-corrected chi connectivity index (χ3v) is 5.69. The molecule has 1 aliphatic rings. The Morgan fingerprint density at radius 3 is 2.17 bits per heavy atom. The van der Waals surface area contributed by atoms with Gasteiger partial charge in [0, 0.05) is 39.3 Å². The van der Waals surface area contributed by atoms with E-state index < -0.39 is 17.8 Å². The number of hydrogen-bond acceptors (Lipinski definition) is 4. The Hall–Kier alpha value is -1.51. The standard InChI is InChI=1S/C21H23Cl2F3N2O2/c22-19-6-1-15(11-20(19)23)12-27-7-9-28(10-8-27)13-17(29)14-30-18-4-2-16(3-5-18)21(24,25)26/h1-6,11,17,29H,7-10,12-14H2/t17-/m1/s1. The van der Waals surface area contributed by atoms with Crippen molar-refractivity contribution in [2.45, 2.75) is 18.8 Å². The second-order valence-electron chi connectivity index (χ2n) is 7.31. The molecule has 164 valence electrons. The molecule has 4 nitrogen and oxygen atoms in total. The maximum atomic E-state index is 12.6. The first-order valence-electron chi connectivity index (χ1n) is 9.57. The molecule has 0 unspecified atom stereocenters. The van der Waals surface area contributed by atoms with E-state index in [1.165, 1.54) is 12.1 Å². The van der Waals surface area contributed by atoms with Crippen molar-refractivity contribution in [3.05, 3.63) is 63.6 Å². The van der Waals surface area contributed by atoms with Crippen molar-refractivity contribution in [1.29, 1.82) is 0 Å². The summed E-state index contributed by atoms with van der Waals surface area (Å²) in [6, 6.07) is 10.1. The quantitative estimate of drug-likeness (QED) is 0.653. The topological polar surface area (TPSA) is 35.9 Å². The normalized spacial score (nSPS) is 17.1. The van der Waals surface area contributed by atoms with Gasteiger partial charge in [0.15, 0.2) is 0 Å². The summed E-state index contributed by atoms with van der Waals surface area (Å²) in [4.78, 5) is 4.45. The SMILES string of the molecule is O[C@@H](COc1ccc(C(F)(F)F)cc1)CN1CCN(Cc2ccc(Cl)c(Cl)c2)CC1. The highest BCUT2D eigenvalue weighted by atomic mass is 35.5. The van der Waals surface area contributed by atoms with E-state index in [1.807, 2.05) is 12.1 Å². The number of hydrogen-bond donors (Lipinski definition) is 1. The van der Waals surface area contributed by atoms with E-state index in [-0.39, 0.29) is 6.61 Å². The molecule has 0 aliphatic carbocycles. The minimum Gasteiger partial charge on any atom is -0.491 e. The van der Waals surface area contributed by atoms with E-state index in [4.69, 9.17) is 27.9 Å². The van der Waals surface area contributed by atoms with Gasteiger partial charge in [0.05, 0.1) is 15.6 Å². The zero-order valence-electron chi connectivity index (χ0n) is 16.2. The van der Waals surface area contributed by atoms with Gasteiger partial charge in [-0.15, -0.1) is 0 Å². The van der Waals surface area contributed by atoms with Crippen molar-refractivity contribution in [1.82, 2.24) is 9.80 Å². The van der Waals surface area contributed by atoms with Crippen LogP contribution in [0.15, 0.2) is 42.5 Å². The van der Waals surface area contributed by atoms with E-state index in [1.54, 1.807) is 6.07 Å². The number of rotatable bonds is 7. The van der Waals surface area contributed by atoms with Gasteiger partial charge in [0.1, 0.15) is 18.5 Å². The van der Waals surface area contributed by atoms with Crippen molar-refractivity contribution >= 4 is 23.2 Å². The van der Waals surface area contributed by atoms with Crippen molar-refractivity contribution in [3.63, 3.8) is 0 Å². The van der Waals surface area contributed by atoms with Crippen LogP contribution in [0, 0.1) is 0 Å². The number of halogens is 5. The Kier molecular flexibility index (Phi) is 7.87. The van der Waals surface area contributed by atoms with Crippen LogP contribution in [-0.4, -0.2) is 60.3 Å². The summed E-state index contributed by atoms with van der Waals surface area (Å²) < 4.78 is 43.1. The van der Waals surface area contributed by atoms with Gasteiger partial charge in [-0.2, -0.15) is 13.2 Å². The minimum atomic E-state index is -4.37. The highest BCUT2D eigenvalue weighted by Crippen LogP contribution is 2.30. The van der Waals surface area contributed by atoms with Crippen LogP contribution in [-0.2, 0) is 12.7 Å². The van der Waals surface area contributed by atoms with Crippen LogP contribution in [0.2, 0.25) is 10.0 Å². The summed E-state index contributed by atoms with van der Waals surface area (Å²) >= 11 is 12.0. The summed E-state index contributed by atoms with van der Waals surface area (Å²) in [6.07, 6.45) is -5.10. The summed E-state index contributed by atoms with van der Waals surface area (Å²) in [5.41, 5.74) is 0.372. The van der Waals surface area contributed by atoms with Crippen LogP contribution >= 0.6 is 23.2 Å². The molecule has 2 aromatic carbocycles. The number of nitrogens with zero attached hydrogens (tertiary/aromatic N) is 2. The zero-order valence-corrected chi connectivity index (χ0v) is 17.7. The predicted molar refractivity (Wildman–Crippen MR) is 111 cm³/mol. The average Bonchev–Trinajstić information content (AvgIpc) is 2.70. The smallest absolute Gasteiger partial charge is 0.416 e. The van der Waals surface area contributed by atoms with Crippen molar-refractivity contribution in [2.24, 2.45) is 0 Å². The summed E-state index contributed by atoms with van der Waals surface area (Å²) in [7, 11) is 0. The number of alkyl halides is 3. The van der Waals surface area contributed by atoms with E-state index >= 15 is 0 Å². The number of benzene rings is 2. The molecule has 30 heavy (non-hydrogen) atoms. The molecule has 1 heterocycles. The lowest BCUT2D eigenvalue weighted by molar-refractivity contribution is -0.137. The molecule has 1 N–H and O–H groups in total.